The molecule has 1 N–H and O–H groups in total. The first-order valence-electron chi connectivity index (χ1n) is 5.55. The van der Waals surface area contributed by atoms with Gasteiger partial charge in [0.15, 0.2) is 0 Å². The molecule has 1 aromatic rings. The van der Waals surface area contributed by atoms with Gasteiger partial charge in [-0.1, -0.05) is 23.2 Å². The molecule has 0 aromatic heterocycles. The monoisotopic (exact) mass is 274 g/mol. The van der Waals surface area contributed by atoms with Gasteiger partial charge in [-0.3, -0.25) is 4.79 Å². The minimum Gasteiger partial charge on any atom is -0.376 e. The van der Waals surface area contributed by atoms with Crippen LogP contribution in [0, 0.1) is 0 Å². The van der Waals surface area contributed by atoms with Gasteiger partial charge in [-0.15, -0.1) is 0 Å². The second-order valence-electron chi connectivity index (χ2n) is 3.55. The van der Waals surface area contributed by atoms with Crippen LogP contribution in [0.1, 0.15) is 13.8 Å². The molecule has 0 aliphatic rings. The summed E-state index contributed by atoms with van der Waals surface area (Å²) in [7, 11) is 0. The predicted octanol–water partition coefficient (Wildman–Crippen LogP) is 3.27. The third-order valence-corrected chi connectivity index (χ3v) is 3.22. The van der Waals surface area contributed by atoms with E-state index >= 15 is 0 Å². The highest BCUT2D eigenvalue weighted by molar-refractivity contribution is 6.42. The SMILES string of the molecule is CCN(CC)C(=O)CNc1ccc(Cl)c(Cl)c1. The third-order valence-electron chi connectivity index (χ3n) is 2.48. The van der Waals surface area contributed by atoms with Gasteiger partial charge in [0.25, 0.3) is 0 Å². The Kier molecular flexibility index (Phi) is 5.59. The second-order valence-corrected chi connectivity index (χ2v) is 4.36. The molecule has 0 atom stereocenters. The van der Waals surface area contributed by atoms with Crippen molar-refractivity contribution < 1.29 is 4.79 Å². The van der Waals surface area contributed by atoms with Crippen LogP contribution in [0.15, 0.2) is 18.2 Å². The molecule has 1 rings (SSSR count). The Hall–Kier alpha value is -0.930. The Morgan fingerprint density at radius 3 is 2.41 bits per heavy atom. The summed E-state index contributed by atoms with van der Waals surface area (Å²) in [6, 6.07) is 5.21. The fraction of sp³-hybridized carbons (Fsp3) is 0.417. The van der Waals surface area contributed by atoms with Crippen LogP contribution in [0.4, 0.5) is 5.69 Å². The van der Waals surface area contributed by atoms with Gasteiger partial charge >= 0.3 is 0 Å². The van der Waals surface area contributed by atoms with Crippen molar-refractivity contribution in [3.05, 3.63) is 28.2 Å². The molecule has 17 heavy (non-hydrogen) atoms. The largest absolute Gasteiger partial charge is 0.376 e. The van der Waals surface area contributed by atoms with E-state index in [1.165, 1.54) is 0 Å². The van der Waals surface area contributed by atoms with Crippen LogP contribution in [-0.4, -0.2) is 30.4 Å². The smallest absolute Gasteiger partial charge is 0.241 e. The lowest BCUT2D eigenvalue weighted by Gasteiger charge is -2.19. The number of rotatable bonds is 5. The first-order valence-corrected chi connectivity index (χ1v) is 6.30. The number of likely N-dealkylation sites (N-methyl/N-ethyl adjacent to an activating group) is 1. The van der Waals surface area contributed by atoms with E-state index in [2.05, 4.69) is 5.32 Å². The maximum absolute atomic E-state index is 11.7. The van der Waals surface area contributed by atoms with Gasteiger partial charge in [-0.25, -0.2) is 0 Å². The Bertz CT molecular complexity index is 392. The first-order chi connectivity index (χ1) is 8.08. The lowest BCUT2D eigenvalue weighted by molar-refractivity contribution is -0.128. The van der Waals surface area contributed by atoms with Crippen LogP contribution in [0.25, 0.3) is 0 Å². The molecule has 0 aliphatic carbocycles. The van der Waals surface area contributed by atoms with Crippen molar-refractivity contribution in [2.24, 2.45) is 0 Å². The van der Waals surface area contributed by atoms with Crippen molar-refractivity contribution in [3.63, 3.8) is 0 Å². The van der Waals surface area contributed by atoms with Crippen molar-refractivity contribution in [1.82, 2.24) is 4.90 Å². The molecule has 0 saturated heterocycles. The number of amides is 1. The van der Waals surface area contributed by atoms with E-state index in [9.17, 15) is 4.79 Å². The van der Waals surface area contributed by atoms with E-state index in [1.807, 2.05) is 13.8 Å². The summed E-state index contributed by atoms with van der Waals surface area (Å²) < 4.78 is 0. The Labute approximate surface area is 112 Å². The summed E-state index contributed by atoms with van der Waals surface area (Å²) in [6.45, 7) is 5.62. The average Bonchev–Trinajstić information content (AvgIpc) is 2.32. The van der Waals surface area contributed by atoms with E-state index in [4.69, 9.17) is 23.2 Å². The molecule has 0 aliphatic heterocycles. The zero-order chi connectivity index (χ0) is 12.8. The van der Waals surface area contributed by atoms with Crippen molar-refractivity contribution in [3.8, 4) is 0 Å². The van der Waals surface area contributed by atoms with Crippen LogP contribution in [-0.2, 0) is 4.79 Å². The van der Waals surface area contributed by atoms with Gasteiger partial charge in [-0.2, -0.15) is 0 Å². The van der Waals surface area contributed by atoms with Crippen LogP contribution < -0.4 is 5.32 Å². The summed E-state index contributed by atoms with van der Waals surface area (Å²) in [5.74, 6) is 0.0704. The number of benzene rings is 1. The van der Waals surface area contributed by atoms with Crippen LogP contribution in [0.5, 0.6) is 0 Å². The molecule has 0 heterocycles. The zero-order valence-corrected chi connectivity index (χ0v) is 11.5. The fourth-order valence-electron chi connectivity index (χ4n) is 1.47. The number of anilines is 1. The van der Waals surface area contributed by atoms with Crippen LogP contribution in [0.2, 0.25) is 10.0 Å². The van der Waals surface area contributed by atoms with E-state index in [1.54, 1.807) is 23.1 Å². The second kappa shape index (κ2) is 6.72. The zero-order valence-electron chi connectivity index (χ0n) is 9.96. The summed E-state index contributed by atoms with van der Waals surface area (Å²) in [5.41, 5.74) is 0.792. The molecule has 0 radical (unpaired) electrons. The van der Waals surface area contributed by atoms with Gasteiger partial charge in [0.2, 0.25) is 5.91 Å². The van der Waals surface area contributed by atoms with Crippen molar-refractivity contribution in [1.29, 1.82) is 0 Å². The molecular weight excluding hydrogens is 259 g/mol. The summed E-state index contributed by atoms with van der Waals surface area (Å²) in [4.78, 5) is 13.5. The van der Waals surface area contributed by atoms with E-state index in [0.717, 1.165) is 18.8 Å². The topological polar surface area (TPSA) is 32.3 Å². The highest BCUT2D eigenvalue weighted by Gasteiger charge is 2.08. The molecule has 3 nitrogen and oxygen atoms in total. The maximum atomic E-state index is 11.7. The van der Waals surface area contributed by atoms with Gasteiger partial charge < -0.3 is 10.2 Å². The number of hydrogen-bond acceptors (Lipinski definition) is 2. The Balaban J connectivity index is 2.55. The van der Waals surface area contributed by atoms with Crippen LogP contribution in [0.3, 0.4) is 0 Å². The molecular formula is C12H16Cl2N2O. The van der Waals surface area contributed by atoms with Crippen LogP contribution >= 0.6 is 23.2 Å². The lowest BCUT2D eigenvalue weighted by atomic mass is 10.3. The number of carbonyl (C=O) groups excluding carboxylic acids is 1. The summed E-state index contributed by atoms with van der Waals surface area (Å²) in [5, 5.41) is 4.01. The van der Waals surface area contributed by atoms with E-state index < -0.39 is 0 Å². The van der Waals surface area contributed by atoms with Crippen molar-refractivity contribution in [2.75, 3.05) is 25.0 Å². The average molecular weight is 275 g/mol. The Morgan fingerprint density at radius 2 is 1.88 bits per heavy atom. The number of nitrogens with zero attached hydrogens (tertiary/aromatic N) is 1. The number of nitrogens with one attached hydrogen (secondary N) is 1. The van der Waals surface area contributed by atoms with E-state index in [0.29, 0.717) is 10.0 Å². The third kappa shape index (κ3) is 4.10. The molecule has 94 valence electrons. The lowest BCUT2D eigenvalue weighted by Crippen LogP contribution is -2.35. The quantitative estimate of drug-likeness (QED) is 0.894. The number of hydrogen-bond donors (Lipinski definition) is 1. The standard InChI is InChI=1S/C12H16Cl2N2O/c1-3-16(4-2)12(17)8-15-9-5-6-10(13)11(14)7-9/h5-7,15H,3-4,8H2,1-2H3. The van der Waals surface area contributed by atoms with Gasteiger partial charge in [0.1, 0.15) is 0 Å². The molecule has 5 heteroatoms. The molecule has 0 spiro atoms. The van der Waals surface area contributed by atoms with E-state index in [-0.39, 0.29) is 12.5 Å². The predicted molar refractivity (Wildman–Crippen MR) is 72.9 cm³/mol. The summed E-state index contributed by atoms with van der Waals surface area (Å²) in [6.07, 6.45) is 0. The normalized spacial score (nSPS) is 10.1. The Morgan fingerprint density at radius 1 is 1.24 bits per heavy atom. The van der Waals surface area contributed by atoms with Gasteiger partial charge in [0.05, 0.1) is 16.6 Å². The fourth-order valence-corrected chi connectivity index (χ4v) is 1.77. The number of halogens is 2. The molecule has 1 amide bonds. The number of carbonyl (C=O) groups is 1. The molecule has 0 bridgehead atoms. The van der Waals surface area contributed by atoms with Crippen molar-refractivity contribution >= 4 is 34.8 Å². The summed E-state index contributed by atoms with van der Waals surface area (Å²) >= 11 is 11.7. The van der Waals surface area contributed by atoms with Gasteiger partial charge in [-0.05, 0) is 32.0 Å². The van der Waals surface area contributed by atoms with Crippen molar-refractivity contribution in [2.45, 2.75) is 13.8 Å². The highest BCUT2D eigenvalue weighted by atomic mass is 35.5. The van der Waals surface area contributed by atoms with Gasteiger partial charge in [0, 0.05) is 18.8 Å². The molecule has 1 aromatic carbocycles. The molecule has 0 saturated carbocycles. The highest BCUT2D eigenvalue weighted by Crippen LogP contribution is 2.24. The first kappa shape index (κ1) is 14.1. The minimum atomic E-state index is 0.0704. The maximum Gasteiger partial charge on any atom is 0.241 e. The minimum absolute atomic E-state index is 0.0704. The molecule has 0 fully saturated rings. The molecule has 0 unspecified atom stereocenters.